The molecule has 0 unspecified atom stereocenters. The fourth-order valence-corrected chi connectivity index (χ4v) is 3.85. The van der Waals surface area contributed by atoms with E-state index in [-0.39, 0.29) is 10.6 Å². The molecule has 1 heterocycles. The SMILES string of the molecule is COc1cc(S(=O)(=O)N(CC2CC2)c2cccnc2)ccc1F. The molecule has 1 saturated carbocycles. The number of halogens is 1. The third-order valence-corrected chi connectivity index (χ3v) is 5.56. The van der Waals surface area contributed by atoms with Gasteiger partial charge in [0.15, 0.2) is 11.6 Å². The number of ether oxygens (including phenoxy) is 1. The highest BCUT2D eigenvalue weighted by atomic mass is 32.2. The molecule has 0 aliphatic heterocycles. The Kier molecular flexibility index (Phi) is 4.21. The molecule has 122 valence electrons. The zero-order chi connectivity index (χ0) is 16.4. The molecule has 0 atom stereocenters. The number of pyridine rings is 1. The number of aromatic nitrogens is 1. The maximum Gasteiger partial charge on any atom is 0.264 e. The van der Waals surface area contributed by atoms with Crippen molar-refractivity contribution < 1.29 is 17.5 Å². The van der Waals surface area contributed by atoms with Crippen LogP contribution in [-0.2, 0) is 10.0 Å². The summed E-state index contributed by atoms with van der Waals surface area (Å²) in [6.45, 7) is 0.397. The predicted molar refractivity (Wildman–Crippen MR) is 84.4 cm³/mol. The fraction of sp³-hybridized carbons (Fsp3) is 0.312. The van der Waals surface area contributed by atoms with E-state index in [4.69, 9.17) is 4.74 Å². The van der Waals surface area contributed by atoms with E-state index in [9.17, 15) is 12.8 Å². The molecular weight excluding hydrogens is 319 g/mol. The largest absolute Gasteiger partial charge is 0.494 e. The summed E-state index contributed by atoms with van der Waals surface area (Å²) < 4.78 is 45.8. The summed E-state index contributed by atoms with van der Waals surface area (Å²) in [5, 5.41) is 0. The number of rotatable bonds is 6. The molecule has 2 aromatic rings. The zero-order valence-corrected chi connectivity index (χ0v) is 13.5. The maximum atomic E-state index is 13.6. The van der Waals surface area contributed by atoms with Crippen LogP contribution in [0.5, 0.6) is 5.75 Å². The monoisotopic (exact) mass is 336 g/mol. The van der Waals surface area contributed by atoms with Gasteiger partial charge in [-0.25, -0.2) is 12.8 Å². The summed E-state index contributed by atoms with van der Waals surface area (Å²) in [5.74, 6) is -0.336. The topological polar surface area (TPSA) is 59.5 Å². The number of benzene rings is 1. The van der Waals surface area contributed by atoms with E-state index >= 15 is 0 Å². The third kappa shape index (κ3) is 3.29. The van der Waals surface area contributed by atoms with Crippen LogP contribution in [0.3, 0.4) is 0 Å². The highest BCUT2D eigenvalue weighted by Crippen LogP contribution is 2.34. The first-order valence-electron chi connectivity index (χ1n) is 7.28. The van der Waals surface area contributed by atoms with Gasteiger partial charge in [0.1, 0.15) is 0 Å². The third-order valence-electron chi connectivity index (χ3n) is 3.77. The standard InChI is InChI=1S/C16H17FN2O3S/c1-22-16-9-14(6-7-15(16)17)23(20,21)19(11-12-4-5-12)13-3-2-8-18-10-13/h2-3,6-10,12H,4-5,11H2,1H3. The summed E-state index contributed by atoms with van der Waals surface area (Å²) in [6, 6.07) is 6.96. The molecule has 1 fully saturated rings. The van der Waals surface area contributed by atoms with Gasteiger partial charge in [0.05, 0.1) is 23.9 Å². The van der Waals surface area contributed by atoms with Crippen molar-refractivity contribution in [2.45, 2.75) is 17.7 Å². The van der Waals surface area contributed by atoms with Gasteiger partial charge in [-0.1, -0.05) is 0 Å². The van der Waals surface area contributed by atoms with E-state index < -0.39 is 15.8 Å². The van der Waals surface area contributed by atoms with Gasteiger partial charge < -0.3 is 4.74 Å². The Morgan fingerprint density at radius 1 is 1.35 bits per heavy atom. The molecule has 23 heavy (non-hydrogen) atoms. The van der Waals surface area contributed by atoms with Gasteiger partial charge in [-0.05, 0) is 43.0 Å². The minimum Gasteiger partial charge on any atom is -0.494 e. The van der Waals surface area contributed by atoms with E-state index in [1.807, 2.05) is 0 Å². The van der Waals surface area contributed by atoms with E-state index in [2.05, 4.69) is 4.98 Å². The molecule has 0 bridgehead atoms. The van der Waals surface area contributed by atoms with Crippen molar-refractivity contribution in [2.75, 3.05) is 18.0 Å². The second kappa shape index (κ2) is 6.16. The van der Waals surface area contributed by atoms with Crippen LogP contribution in [0.15, 0.2) is 47.6 Å². The zero-order valence-electron chi connectivity index (χ0n) is 12.6. The summed E-state index contributed by atoms with van der Waals surface area (Å²) in [7, 11) is -2.51. The van der Waals surface area contributed by atoms with Gasteiger partial charge in [0.2, 0.25) is 0 Å². The van der Waals surface area contributed by atoms with Crippen LogP contribution in [-0.4, -0.2) is 27.1 Å². The second-order valence-corrected chi connectivity index (χ2v) is 7.35. The molecule has 1 aliphatic carbocycles. The van der Waals surface area contributed by atoms with Gasteiger partial charge in [-0.2, -0.15) is 0 Å². The van der Waals surface area contributed by atoms with Crippen molar-refractivity contribution in [1.29, 1.82) is 0 Å². The fourth-order valence-electron chi connectivity index (χ4n) is 2.31. The lowest BCUT2D eigenvalue weighted by molar-refractivity contribution is 0.385. The van der Waals surface area contributed by atoms with Crippen LogP contribution >= 0.6 is 0 Å². The molecule has 0 N–H and O–H groups in total. The number of nitrogens with zero attached hydrogens (tertiary/aromatic N) is 2. The lowest BCUT2D eigenvalue weighted by Crippen LogP contribution is -2.33. The molecule has 0 spiro atoms. The number of sulfonamides is 1. The van der Waals surface area contributed by atoms with Gasteiger partial charge in [-0.3, -0.25) is 9.29 Å². The lowest BCUT2D eigenvalue weighted by atomic mass is 10.3. The maximum absolute atomic E-state index is 13.6. The van der Waals surface area contributed by atoms with E-state index in [0.717, 1.165) is 18.9 Å². The Hall–Kier alpha value is -2.15. The highest BCUT2D eigenvalue weighted by molar-refractivity contribution is 7.92. The molecule has 7 heteroatoms. The Morgan fingerprint density at radius 2 is 2.13 bits per heavy atom. The van der Waals surface area contributed by atoms with Gasteiger partial charge in [-0.15, -0.1) is 0 Å². The Labute approximate surface area is 134 Å². The Bertz CT molecular complexity index is 792. The van der Waals surface area contributed by atoms with Crippen molar-refractivity contribution in [3.8, 4) is 5.75 Å². The first-order valence-corrected chi connectivity index (χ1v) is 8.72. The molecule has 0 amide bonds. The molecule has 0 radical (unpaired) electrons. The molecule has 1 aliphatic rings. The second-order valence-electron chi connectivity index (χ2n) is 5.49. The average molecular weight is 336 g/mol. The van der Waals surface area contributed by atoms with Crippen molar-refractivity contribution in [3.63, 3.8) is 0 Å². The number of hydrogen-bond acceptors (Lipinski definition) is 4. The van der Waals surface area contributed by atoms with Crippen molar-refractivity contribution >= 4 is 15.7 Å². The van der Waals surface area contributed by atoms with Gasteiger partial charge in [0, 0.05) is 18.8 Å². The van der Waals surface area contributed by atoms with Crippen LogP contribution in [0.25, 0.3) is 0 Å². The van der Waals surface area contributed by atoms with Gasteiger partial charge >= 0.3 is 0 Å². The smallest absolute Gasteiger partial charge is 0.264 e. The van der Waals surface area contributed by atoms with E-state index in [1.54, 1.807) is 18.3 Å². The minimum absolute atomic E-state index is 0.000234. The summed E-state index contributed by atoms with van der Waals surface area (Å²) in [5.41, 5.74) is 0.502. The first-order chi connectivity index (χ1) is 11.0. The quantitative estimate of drug-likeness (QED) is 0.814. The summed E-state index contributed by atoms with van der Waals surface area (Å²) >= 11 is 0. The number of methoxy groups -OCH3 is 1. The summed E-state index contributed by atoms with van der Waals surface area (Å²) in [4.78, 5) is 4.00. The molecule has 3 rings (SSSR count). The lowest BCUT2D eigenvalue weighted by Gasteiger charge is -2.24. The van der Waals surface area contributed by atoms with Crippen LogP contribution in [0.1, 0.15) is 12.8 Å². The molecule has 5 nitrogen and oxygen atoms in total. The van der Waals surface area contributed by atoms with Crippen molar-refractivity contribution in [1.82, 2.24) is 4.98 Å². The van der Waals surface area contributed by atoms with Crippen molar-refractivity contribution in [2.24, 2.45) is 5.92 Å². The summed E-state index contributed by atoms with van der Waals surface area (Å²) in [6.07, 6.45) is 5.13. The normalized spacial score (nSPS) is 14.5. The van der Waals surface area contributed by atoms with Crippen LogP contribution in [0.2, 0.25) is 0 Å². The predicted octanol–water partition coefficient (Wildman–Crippen LogP) is 2.83. The average Bonchev–Trinajstić information content (AvgIpc) is 3.37. The van der Waals surface area contributed by atoms with Gasteiger partial charge in [0.25, 0.3) is 10.0 Å². The Morgan fingerprint density at radius 3 is 2.74 bits per heavy atom. The van der Waals surface area contributed by atoms with Crippen LogP contribution < -0.4 is 9.04 Å². The molecular formula is C16H17FN2O3S. The highest BCUT2D eigenvalue weighted by Gasteiger charge is 2.32. The molecule has 0 saturated heterocycles. The molecule has 1 aromatic carbocycles. The van der Waals surface area contributed by atoms with E-state index in [0.29, 0.717) is 18.2 Å². The minimum atomic E-state index is -3.81. The first kappa shape index (κ1) is 15.7. The van der Waals surface area contributed by atoms with Crippen molar-refractivity contribution in [3.05, 3.63) is 48.5 Å². The number of hydrogen-bond donors (Lipinski definition) is 0. The van der Waals surface area contributed by atoms with Crippen LogP contribution in [0, 0.1) is 11.7 Å². The van der Waals surface area contributed by atoms with E-state index in [1.165, 1.54) is 29.7 Å². The Balaban J connectivity index is 2.03. The molecule has 1 aromatic heterocycles. The number of anilines is 1. The van der Waals surface area contributed by atoms with Crippen LogP contribution in [0.4, 0.5) is 10.1 Å².